The van der Waals surface area contributed by atoms with E-state index in [-0.39, 0.29) is 5.78 Å². The van der Waals surface area contributed by atoms with Gasteiger partial charge in [-0.25, -0.2) is 0 Å². The van der Waals surface area contributed by atoms with E-state index in [2.05, 4.69) is 5.10 Å². The van der Waals surface area contributed by atoms with E-state index in [1.165, 1.54) is 0 Å². The van der Waals surface area contributed by atoms with Gasteiger partial charge in [0.15, 0.2) is 0 Å². The normalized spacial score (nSPS) is 9.18. The van der Waals surface area contributed by atoms with Crippen molar-refractivity contribution in [1.29, 1.82) is 0 Å². The van der Waals surface area contributed by atoms with Gasteiger partial charge in [-0.2, -0.15) is 5.10 Å². The number of terminal acetylenes is 1. The molecular formula is C8H8N2O. The van der Waals surface area contributed by atoms with Crippen molar-refractivity contribution in [3.63, 3.8) is 0 Å². The van der Waals surface area contributed by atoms with E-state index in [4.69, 9.17) is 6.42 Å². The molecule has 3 heteroatoms. The highest BCUT2D eigenvalue weighted by Crippen LogP contribution is 2.00. The number of carbonyl (C=O) groups excluding carboxylic acids is 1. The van der Waals surface area contributed by atoms with Crippen LogP contribution >= 0.6 is 0 Å². The number of aromatic nitrogens is 2. The molecule has 0 radical (unpaired) electrons. The number of carbonyl (C=O) groups is 1. The Bertz CT molecular complexity index is 311. The van der Waals surface area contributed by atoms with Gasteiger partial charge < -0.3 is 0 Å². The second-order valence-electron chi connectivity index (χ2n) is 2.27. The number of nitrogens with zero attached hydrogens (tertiary/aromatic N) is 2. The minimum Gasteiger partial charge on any atom is -0.277 e. The molecule has 1 heterocycles. The molecule has 0 spiro atoms. The van der Waals surface area contributed by atoms with Crippen molar-refractivity contribution in [2.75, 3.05) is 0 Å². The second kappa shape index (κ2) is 2.59. The molecule has 0 aliphatic rings. The summed E-state index contributed by atoms with van der Waals surface area (Å²) >= 11 is 0. The van der Waals surface area contributed by atoms with Gasteiger partial charge in [0.05, 0.1) is 0 Å². The van der Waals surface area contributed by atoms with Crippen molar-refractivity contribution >= 4 is 5.78 Å². The van der Waals surface area contributed by atoms with E-state index in [1.807, 2.05) is 12.8 Å². The SMILES string of the molecule is C#CC(=O)c1cc(C)n(C)n1. The van der Waals surface area contributed by atoms with E-state index < -0.39 is 0 Å². The van der Waals surface area contributed by atoms with Crippen LogP contribution in [0.15, 0.2) is 6.07 Å². The van der Waals surface area contributed by atoms with E-state index in [1.54, 1.807) is 17.8 Å². The summed E-state index contributed by atoms with van der Waals surface area (Å²) in [7, 11) is 1.77. The lowest BCUT2D eigenvalue weighted by Crippen LogP contribution is -1.98. The molecule has 0 saturated heterocycles. The molecule has 0 aliphatic heterocycles. The zero-order valence-electron chi connectivity index (χ0n) is 6.46. The summed E-state index contributed by atoms with van der Waals surface area (Å²) < 4.78 is 1.62. The lowest BCUT2D eigenvalue weighted by molar-refractivity contribution is 0.105. The fourth-order valence-corrected chi connectivity index (χ4v) is 0.746. The van der Waals surface area contributed by atoms with Crippen LogP contribution in [0.2, 0.25) is 0 Å². The monoisotopic (exact) mass is 148 g/mol. The van der Waals surface area contributed by atoms with Crippen LogP contribution in [-0.4, -0.2) is 15.6 Å². The summed E-state index contributed by atoms with van der Waals surface area (Å²) in [5, 5.41) is 3.91. The molecule has 3 nitrogen and oxygen atoms in total. The maximum absolute atomic E-state index is 10.9. The summed E-state index contributed by atoms with van der Waals surface area (Å²) in [6.45, 7) is 1.86. The van der Waals surface area contributed by atoms with Crippen LogP contribution in [-0.2, 0) is 7.05 Å². The first kappa shape index (κ1) is 7.55. The highest BCUT2D eigenvalue weighted by Gasteiger charge is 2.06. The smallest absolute Gasteiger partial charge is 0.255 e. The Hall–Kier alpha value is -1.56. The molecule has 56 valence electrons. The minimum atomic E-state index is -0.367. The van der Waals surface area contributed by atoms with Gasteiger partial charge in [0.25, 0.3) is 5.78 Å². The molecule has 1 rings (SSSR count). The van der Waals surface area contributed by atoms with Gasteiger partial charge >= 0.3 is 0 Å². The fraction of sp³-hybridized carbons (Fsp3) is 0.250. The predicted molar refractivity (Wildman–Crippen MR) is 41.1 cm³/mol. The lowest BCUT2D eigenvalue weighted by Gasteiger charge is -1.88. The zero-order valence-corrected chi connectivity index (χ0v) is 6.46. The number of rotatable bonds is 1. The molecule has 0 bridgehead atoms. The van der Waals surface area contributed by atoms with Gasteiger partial charge in [0.1, 0.15) is 5.69 Å². The maximum Gasteiger partial charge on any atom is 0.255 e. The van der Waals surface area contributed by atoms with Gasteiger partial charge in [-0.3, -0.25) is 9.48 Å². The van der Waals surface area contributed by atoms with Crippen LogP contribution in [0.1, 0.15) is 16.2 Å². The van der Waals surface area contributed by atoms with Gasteiger partial charge in [0, 0.05) is 12.7 Å². The van der Waals surface area contributed by atoms with Crippen LogP contribution in [0, 0.1) is 19.3 Å². The van der Waals surface area contributed by atoms with Crippen molar-refractivity contribution in [2.45, 2.75) is 6.92 Å². The molecule has 0 saturated carbocycles. The number of aryl methyl sites for hydroxylation is 2. The molecule has 1 aromatic rings. The Kier molecular flexibility index (Phi) is 1.77. The molecule has 0 aromatic carbocycles. The average Bonchev–Trinajstić information content (AvgIpc) is 2.31. The first-order valence-electron chi connectivity index (χ1n) is 3.16. The largest absolute Gasteiger partial charge is 0.277 e. The number of ketones is 1. The Labute approximate surface area is 65.0 Å². The van der Waals surface area contributed by atoms with Gasteiger partial charge in [-0.15, -0.1) is 6.42 Å². The van der Waals surface area contributed by atoms with Crippen molar-refractivity contribution in [1.82, 2.24) is 9.78 Å². The summed E-state index contributed by atoms with van der Waals surface area (Å²) in [6.07, 6.45) is 4.91. The maximum atomic E-state index is 10.9. The van der Waals surface area contributed by atoms with Gasteiger partial charge in [-0.05, 0) is 18.9 Å². The Morgan fingerprint density at radius 1 is 1.82 bits per heavy atom. The Balaban J connectivity index is 3.09. The third-order valence-corrected chi connectivity index (χ3v) is 1.48. The summed E-state index contributed by atoms with van der Waals surface area (Å²) in [4.78, 5) is 10.9. The summed E-state index contributed by atoms with van der Waals surface area (Å²) in [6, 6.07) is 1.67. The van der Waals surface area contributed by atoms with Crippen LogP contribution < -0.4 is 0 Å². The van der Waals surface area contributed by atoms with Crippen molar-refractivity contribution in [2.24, 2.45) is 7.05 Å². The number of hydrogen-bond donors (Lipinski definition) is 0. The molecule has 0 N–H and O–H groups in total. The number of Topliss-reactive ketones (excluding diaryl/α,β-unsaturated/α-hetero) is 1. The highest BCUT2D eigenvalue weighted by atomic mass is 16.1. The predicted octanol–water partition coefficient (Wildman–Crippen LogP) is 0.544. The quantitative estimate of drug-likeness (QED) is 0.331. The van der Waals surface area contributed by atoms with E-state index >= 15 is 0 Å². The van der Waals surface area contributed by atoms with Crippen molar-refractivity contribution < 1.29 is 4.79 Å². The van der Waals surface area contributed by atoms with Crippen molar-refractivity contribution in [3.8, 4) is 12.3 Å². The fourth-order valence-electron chi connectivity index (χ4n) is 0.746. The van der Waals surface area contributed by atoms with Crippen molar-refractivity contribution in [3.05, 3.63) is 17.5 Å². The average molecular weight is 148 g/mol. The van der Waals surface area contributed by atoms with Crippen LogP contribution in [0.3, 0.4) is 0 Å². The van der Waals surface area contributed by atoms with E-state index in [0.717, 1.165) is 5.69 Å². The van der Waals surface area contributed by atoms with E-state index in [0.29, 0.717) is 5.69 Å². The Morgan fingerprint density at radius 3 is 2.82 bits per heavy atom. The molecule has 0 aliphatic carbocycles. The first-order valence-corrected chi connectivity index (χ1v) is 3.16. The molecule has 0 fully saturated rings. The number of hydrogen-bond acceptors (Lipinski definition) is 2. The van der Waals surface area contributed by atoms with Crippen LogP contribution in [0.25, 0.3) is 0 Å². The summed E-state index contributed by atoms with van der Waals surface area (Å²) in [5.74, 6) is 1.64. The molecule has 0 unspecified atom stereocenters. The lowest BCUT2D eigenvalue weighted by atomic mass is 10.3. The van der Waals surface area contributed by atoms with E-state index in [9.17, 15) is 4.79 Å². The van der Waals surface area contributed by atoms with Gasteiger partial charge in [0.2, 0.25) is 0 Å². The standard InChI is InChI=1S/C8H8N2O/c1-4-8(11)7-5-6(2)10(3)9-7/h1,5H,2-3H3. The van der Waals surface area contributed by atoms with Crippen LogP contribution in [0.5, 0.6) is 0 Å². The Morgan fingerprint density at radius 2 is 2.45 bits per heavy atom. The van der Waals surface area contributed by atoms with Crippen LogP contribution in [0.4, 0.5) is 0 Å². The second-order valence-corrected chi connectivity index (χ2v) is 2.27. The van der Waals surface area contributed by atoms with Gasteiger partial charge in [-0.1, -0.05) is 0 Å². The molecule has 0 atom stereocenters. The zero-order chi connectivity index (χ0) is 8.43. The minimum absolute atomic E-state index is 0.340. The third-order valence-electron chi connectivity index (χ3n) is 1.48. The molecule has 1 aromatic heterocycles. The third kappa shape index (κ3) is 1.30. The molecule has 11 heavy (non-hydrogen) atoms. The molecule has 0 amide bonds. The summed E-state index contributed by atoms with van der Waals surface area (Å²) in [5.41, 5.74) is 1.26. The topological polar surface area (TPSA) is 34.9 Å². The molecular weight excluding hydrogens is 140 g/mol. The first-order chi connectivity index (χ1) is 5.15. The highest BCUT2D eigenvalue weighted by molar-refractivity contribution is 6.07.